The maximum atomic E-state index is 4.37. The van der Waals surface area contributed by atoms with E-state index in [9.17, 15) is 0 Å². The summed E-state index contributed by atoms with van der Waals surface area (Å²) >= 11 is 2.92. The second-order valence-corrected chi connectivity index (χ2v) is 5.95. The summed E-state index contributed by atoms with van der Waals surface area (Å²) in [5.41, 5.74) is 1.14. The van der Waals surface area contributed by atoms with Crippen molar-refractivity contribution >= 4 is 29.1 Å². The monoisotopic (exact) mass is 281 g/mol. The van der Waals surface area contributed by atoms with E-state index in [1.165, 1.54) is 11.5 Å². The molecule has 0 fully saturated rings. The third kappa shape index (κ3) is 2.97. The van der Waals surface area contributed by atoms with Gasteiger partial charge in [0.1, 0.15) is 23.5 Å². The van der Waals surface area contributed by atoms with Gasteiger partial charge in [-0.3, -0.25) is 0 Å². The number of nitrogens with one attached hydrogen (secondary N) is 1. The predicted molar refractivity (Wildman–Crippen MR) is 74.3 cm³/mol. The van der Waals surface area contributed by atoms with Gasteiger partial charge in [0.2, 0.25) is 0 Å². The van der Waals surface area contributed by atoms with Crippen molar-refractivity contribution in [3.8, 4) is 0 Å². The van der Waals surface area contributed by atoms with E-state index >= 15 is 0 Å². The standard InChI is InChI=1S/C11H15N5S2/c1-4-12-9-8(7(2)3)10(14-5-13-9)17-11-15-6-16-18-11/h5-7H,4H2,1-3H3,(H,12,13,14). The van der Waals surface area contributed by atoms with E-state index in [0.717, 1.165) is 27.3 Å². The van der Waals surface area contributed by atoms with Crippen LogP contribution in [-0.2, 0) is 0 Å². The summed E-state index contributed by atoms with van der Waals surface area (Å²) in [4.78, 5) is 12.9. The summed E-state index contributed by atoms with van der Waals surface area (Å²) in [7, 11) is 0. The maximum Gasteiger partial charge on any atom is 0.176 e. The van der Waals surface area contributed by atoms with Crippen LogP contribution in [0.2, 0.25) is 0 Å². The van der Waals surface area contributed by atoms with E-state index in [2.05, 4.69) is 45.4 Å². The first-order valence-electron chi connectivity index (χ1n) is 5.75. The zero-order chi connectivity index (χ0) is 13.0. The summed E-state index contributed by atoms with van der Waals surface area (Å²) in [5, 5.41) is 4.23. The van der Waals surface area contributed by atoms with Crippen LogP contribution in [0.4, 0.5) is 5.82 Å². The number of hydrogen-bond acceptors (Lipinski definition) is 7. The van der Waals surface area contributed by atoms with Crippen molar-refractivity contribution in [2.45, 2.75) is 36.1 Å². The molecule has 2 rings (SSSR count). The molecule has 2 aromatic rings. The van der Waals surface area contributed by atoms with E-state index < -0.39 is 0 Å². The average molecular weight is 281 g/mol. The van der Waals surface area contributed by atoms with Gasteiger partial charge in [-0.2, -0.15) is 4.37 Å². The van der Waals surface area contributed by atoms with E-state index in [1.54, 1.807) is 24.4 Å². The normalized spacial score (nSPS) is 10.9. The molecule has 2 heterocycles. The van der Waals surface area contributed by atoms with Crippen LogP contribution in [0.15, 0.2) is 22.0 Å². The molecular weight excluding hydrogens is 266 g/mol. The lowest BCUT2D eigenvalue weighted by Crippen LogP contribution is -2.07. The average Bonchev–Trinajstić information content (AvgIpc) is 2.82. The molecule has 5 nitrogen and oxygen atoms in total. The minimum absolute atomic E-state index is 0.357. The molecule has 0 saturated heterocycles. The lowest BCUT2D eigenvalue weighted by atomic mass is 10.1. The van der Waals surface area contributed by atoms with Crippen molar-refractivity contribution in [1.29, 1.82) is 0 Å². The van der Waals surface area contributed by atoms with Gasteiger partial charge >= 0.3 is 0 Å². The molecule has 0 aromatic carbocycles. The van der Waals surface area contributed by atoms with Gasteiger partial charge in [0.25, 0.3) is 0 Å². The summed E-state index contributed by atoms with van der Waals surface area (Å²) in [6, 6.07) is 0. The van der Waals surface area contributed by atoms with E-state index in [1.807, 2.05) is 0 Å². The Morgan fingerprint density at radius 3 is 2.72 bits per heavy atom. The van der Waals surface area contributed by atoms with Gasteiger partial charge in [0.05, 0.1) is 0 Å². The molecule has 0 spiro atoms. The first kappa shape index (κ1) is 13.2. The van der Waals surface area contributed by atoms with E-state index in [-0.39, 0.29) is 0 Å². The first-order chi connectivity index (χ1) is 8.72. The molecule has 0 aliphatic rings. The molecule has 0 aliphatic heterocycles. The van der Waals surface area contributed by atoms with Gasteiger partial charge in [-0.1, -0.05) is 13.8 Å². The van der Waals surface area contributed by atoms with Crippen LogP contribution in [0.5, 0.6) is 0 Å². The van der Waals surface area contributed by atoms with Gasteiger partial charge in [-0.05, 0) is 36.1 Å². The maximum absolute atomic E-state index is 4.37. The largest absolute Gasteiger partial charge is 0.370 e. The number of aromatic nitrogens is 4. The van der Waals surface area contributed by atoms with Gasteiger partial charge in [0.15, 0.2) is 4.34 Å². The van der Waals surface area contributed by atoms with Crippen LogP contribution in [0.3, 0.4) is 0 Å². The SMILES string of the molecule is CCNc1ncnc(Sc2ncns2)c1C(C)C. The lowest BCUT2D eigenvalue weighted by Gasteiger charge is -2.15. The minimum atomic E-state index is 0.357. The van der Waals surface area contributed by atoms with Crippen molar-refractivity contribution in [1.82, 2.24) is 19.3 Å². The van der Waals surface area contributed by atoms with Crippen LogP contribution in [0, 0.1) is 0 Å². The van der Waals surface area contributed by atoms with Crippen LogP contribution in [0.1, 0.15) is 32.3 Å². The third-order valence-electron chi connectivity index (χ3n) is 2.29. The Kier molecular flexibility index (Phi) is 4.48. The molecule has 1 N–H and O–H groups in total. The Balaban J connectivity index is 2.36. The topological polar surface area (TPSA) is 63.6 Å². The fourth-order valence-electron chi connectivity index (χ4n) is 1.58. The molecule has 2 aromatic heterocycles. The summed E-state index contributed by atoms with van der Waals surface area (Å²) in [5.74, 6) is 1.27. The first-order valence-corrected chi connectivity index (χ1v) is 7.34. The third-order valence-corrected chi connectivity index (χ3v) is 4.03. The zero-order valence-corrected chi connectivity index (χ0v) is 12.2. The Morgan fingerprint density at radius 2 is 2.11 bits per heavy atom. The lowest BCUT2D eigenvalue weighted by molar-refractivity contribution is 0.803. The molecule has 18 heavy (non-hydrogen) atoms. The van der Waals surface area contributed by atoms with Crippen molar-refractivity contribution < 1.29 is 0 Å². The number of nitrogens with zero attached hydrogens (tertiary/aromatic N) is 4. The molecule has 0 unspecified atom stereocenters. The molecule has 0 amide bonds. The summed E-state index contributed by atoms with van der Waals surface area (Å²) in [6.45, 7) is 7.19. The van der Waals surface area contributed by atoms with E-state index in [0.29, 0.717) is 5.92 Å². The van der Waals surface area contributed by atoms with Crippen molar-refractivity contribution in [3.63, 3.8) is 0 Å². The second kappa shape index (κ2) is 6.10. The fraction of sp³-hybridized carbons (Fsp3) is 0.455. The van der Waals surface area contributed by atoms with Crippen molar-refractivity contribution in [2.24, 2.45) is 0 Å². The molecule has 0 radical (unpaired) electrons. The minimum Gasteiger partial charge on any atom is -0.370 e. The van der Waals surface area contributed by atoms with Crippen LogP contribution in [0.25, 0.3) is 0 Å². The van der Waals surface area contributed by atoms with Gasteiger partial charge in [-0.25, -0.2) is 15.0 Å². The fourth-order valence-corrected chi connectivity index (χ4v) is 3.18. The Hall–Kier alpha value is -1.21. The summed E-state index contributed by atoms with van der Waals surface area (Å²) < 4.78 is 4.90. The van der Waals surface area contributed by atoms with Crippen LogP contribution < -0.4 is 5.32 Å². The number of rotatable bonds is 5. The molecular formula is C11H15N5S2. The van der Waals surface area contributed by atoms with Gasteiger partial charge < -0.3 is 5.32 Å². The quantitative estimate of drug-likeness (QED) is 0.850. The van der Waals surface area contributed by atoms with Gasteiger partial charge in [-0.15, -0.1) is 0 Å². The highest BCUT2D eigenvalue weighted by molar-refractivity contribution is 8.00. The Bertz CT molecular complexity index is 498. The second-order valence-electron chi connectivity index (χ2n) is 3.94. The van der Waals surface area contributed by atoms with E-state index in [4.69, 9.17) is 0 Å². The summed E-state index contributed by atoms with van der Waals surface area (Å²) in [6.07, 6.45) is 3.15. The highest BCUT2D eigenvalue weighted by Gasteiger charge is 2.16. The van der Waals surface area contributed by atoms with Gasteiger partial charge in [0, 0.05) is 12.1 Å². The molecule has 0 aliphatic carbocycles. The molecule has 0 bridgehead atoms. The molecule has 96 valence electrons. The molecule has 0 atom stereocenters. The number of hydrogen-bond donors (Lipinski definition) is 1. The van der Waals surface area contributed by atoms with Crippen LogP contribution >= 0.6 is 23.3 Å². The molecule has 0 saturated carbocycles. The van der Waals surface area contributed by atoms with Crippen LogP contribution in [-0.4, -0.2) is 25.9 Å². The molecule has 7 heteroatoms. The number of anilines is 1. The van der Waals surface area contributed by atoms with Crippen molar-refractivity contribution in [2.75, 3.05) is 11.9 Å². The zero-order valence-electron chi connectivity index (χ0n) is 10.5. The smallest absolute Gasteiger partial charge is 0.176 e. The predicted octanol–water partition coefficient (Wildman–Crippen LogP) is 3.03. The Labute approximate surface area is 115 Å². The highest BCUT2D eigenvalue weighted by atomic mass is 32.2. The highest BCUT2D eigenvalue weighted by Crippen LogP contribution is 2.35. The van der Waals surface area contributed by atoms with Crippen molar-refractivity contribution in [3.05, 3.63) is 18.2 Å². The Morgan fingerprint density at radius 1 is 1.28 bits per heavy atom.